The third-order valence-corrected chi connectivity index (χ3v) is 4.21. The van der Waals surface area contributed by atoms with Crippen molar-refractivity contribution in [3.05, 3.63) is 24.3 Å². The van der Waals surface area contributed by atoms with Crippen molar-refractivity contribution in [1.29, 1.82) is 0 Å². The normalized spacial score (nSPS) is 10.6. The molecule has 0 unspecified atom stereocenters. The van der Waals surface area contributed by atoms with Gasteiger partial charge in [0.2, 0.25) is 0 Å². The van der Waals surface area contributed by atoms with Crippen LogP contribution in [-0.2, 0) is 20.2 Å². The molecule has 14 heteroatoms. The fourth-order valence-corrected chi connectivity index (χ4v) is 2.79. The summed E-state index contributed by atoms with van der Waals surface area (Å²) in [6, 6.07) is 3.09. The van der Waals surface area contributed by atoms with Gasteiger partial charge in [-0.3, -0.25) is 9.11 Å². The molecule has 0 aliphatic heterocycles. The van der Waals surface area contributed by atoms with Gasteiger partial charge in [-0.05, 0) is 17.5 Å². The minimum Gasteiger partial charge on any atom is -0.507 e. The van der Waals surface area contributed by atoms with Gasteiger partial charge in [0.05, 0.1) is 15.2 Å². The number of fused-ring (bicyclic) bond motifs is 1. The van der Waals surface area contributed by atoms with E-state index >= 15 is 0 Å². The number of hydrogen-bond donors (Lipinski definition) is 4. The summed E-state index contributed by atoms with van der Waals surface area (Å²) < 4.78 is 61.8. The Labute approximate surface area is 181 Å². The Hall–Kier alpha value is 0.0400. The number of hydrogen-bond acceptors (Lipinski definition) is 6. The Balaban J connectivity index is -0.00000110. The molecular weight excluding hydrogens is 390 g/mol. The van der Waals surface area contributed by atoms with Gasteiger partial charge in [-0.15, -0.1) is 0 Å². The second kappa shape index (κ2) is 9.66. The Morgan fingerprint density at radius 1 is 0.667 bits per heavy atom. The van der Waals surface area contributed by atoms with Crippen LogP contribution in [0.1, 0.15) is 0 Å². The predicted octanol–water partition coefficient (Wildman–Crippen LogP) is -1.67. The van der Waals surface area contributed by atoms with E-state index in [1.807, 2.05) is 0 Å². The maximum absolute atomic E-state index is 11.0. The summed E-state index contributed by atoms with van der Waals surface area (Å²) in [5, 5.41) is 18.9. The van der Waals surface area contributed by atoms with Gasteiger partial charge in [-0.2, -0.15) is 16.8 Å². The third-order valence-electron chi connectivity index (χ3n) is 2.55. The SMILES string of the molecule is O.O.O=S(=O)(O)c1cc(O)c2c(O)cc(S(=O)(=O)O)cc2c1.[Na].[Na]. The van der Waals surface area contributed by atoms with E-state index < -0.39 is 41.5 Å². The zero-order valence-electron chi connectivity index (χ0n) is 12.5. The van der Waals surface area contributed by atoms with Gasteiger partial charge in [0, 0.05) is 71.2 Å². The summed E-state index contributed by atoms with van der Waals surface area (Å²) in [5.41, 5.74) is 0. The van der Waals surface area contributed by atoms with Gasteiger partial charge in [-0.25, -0.2) is 0 Å². The van der Waals surface area contributed by atoms with Gasteiger partial charge >= 0.3 is 0 Å². The molecule has 126 valence electrons. The molecule has 0 saturated heterocycles. The second-order valence-corrected chi connectivity index (χ2v) is 6.78. The van der Waals surface area contributed by atoms with Crippen LogP contribution in [0.25, 0.3) is 10.8 Å². The van der Waals surface area contributed by atoms with Crippen molar-refractivity contribution in [2.45, 2.75) is 9.79 Å². The Bertz CT molecular complexity index is 852. The van der Waals surface area contributed by atoms with Crippen LogP contribution in [0.2, 0.25) is 0 Å². The van der Waals surface area contributed by atoms with E-state index in [4.69, 9.17) is 9.11 Å². The molecule has 2 radical (unpaired) electrons. The molecule has 0 aliphatic carbocycles. The van der Waals surface area contributed by atoms with E-state index in [1.165, 1.54) is 0 Å². The molecule has 0 atom stereocenters. The monoisotopic (exact) mass is 402 g/mol. The summed E-state index contributed by atoms with van der Waals surface area (Å²) in [6.45, 7) is 0. The van der Waals surface area contributed by atoms with Crippen LogP contribution in [-0.4, -0.2) is 106 Å². The van der Waals surface area contributed by atoms with Gasteiger partial charge in [0.15, 0.2) is 0 Å². The molecule has 24 heavy (non-hydrogen) atoms. The molecule has 0 heterocycles. The average molecular weight is 402 g/mol. The molecule has 0 saturated carbocycles. The molecule has 0 amide bonds. The predicted molar refractivity (Wildman–Crippen MR) is 85.6 cm³/mol. The maximum Gasteiger partial charge on any atom is 0.294 e. The van der Waals surface area contributed by atoms with Gasteiger partial charge in [-0.1, -0.05) is 0 Å². The summed E-state index contributed by atoms with van der Waals surface area (Å²) in [4.78, 5) is -1.37. The first-order chi connectivity index (χ1) is 9.00. The Morgan fingerprint density at radius 3 is 1.21 bits per heavy atom. The number of phenols is 2. The van der Waals surface area contributed by atoms with Crippen molar-refractivity contribution in [3.8, 4) is 11.5 Å². The molecule has 0 fully saturated rings. The molecule has 0 spiro atoms. The first-order valence-electron chi connectivity index (χ1n) is 4.95. The van der Waals surface area contributed by atoms with Crippen molar-refractivity contribution in [1.82, 2.24) is 0 Å². The van der Waals surface area contributed by atoms with Crippen LogP contribution in [0.15, 0.2) is 34.1 Å². The van der Waals surface area contributed by atoms with E-state index in [1.54, 1.807) is 0 Å². The first kappa shape index (κ1) is 28.8. The number of phenolic OH excluding ortho intramolecular Hbond substituents is 2. The topological polar surface area (TPSA) is 212 Å². The van der Waals surface area contributed by atoms with Crippen molar-refractivity contribution in [3.63, 3.8) is 0 Å². The van der Waals surface area contributed by atoms with E-state index in [0.29, 0.717) is 12.1 Å². The van der Waals surface area contributed by atoms with Gasteiger partial charge in [0.1, 0.15) is 11.5 Å². The van der Waals surface area contributed by atoms with Crippen LogP contribution in [0, 0.1) is 0 Å². The summed E-state index contributed by atoms with van der Waals surface area (Å²) >= 11 is 0. The zero-order chi connectivity index (χ0) is 15.3. The largest absolute Gasteiger partial charge is 0.507 e. The Morgan fingerprint density at radius 2 is 0.958 bits per heavy atom. The van der Waals surface area contributed by atoms with E-state index in [9.17, 15) is 27.0 Å². The van der Waals surface area contributed by atoms with Crippen molar-refractivity contribution in [2.24, 2.45) is 0 Å². The van der Waals surface area contributed by atoms with E-state index in [0.717, 1.165) is 12.1 Å². The van der Waals surface area contributed by atoms with Crippen LogP contribution < -0.4 is 0 Å². The molecule has 0 aliphatic rings. The molecule has 2 rings (SSSR count). The standard InChI is InChI=1S/C10H8O8S2.2Na.2H2O/c11-8-3-6(19(13,14)15)1-5-2-7(20(16,17)18)4-9(12)10(5)8;;;;/h1-4,11-12H,(H,13,14,15)(H,16,17,18);;;2*1H2. The van der Waals surface area contributed by atoms with Crippen molar-refractivity contribution < 1.29 is 47.1 Å². The van der Waals surface area contributed by atoms with Crippen LogP contribution >= 0.6 is 0 Å². The number of benzene rings is 2. The summed E-state index contributed by atoms with van der Waals surface area (Å²) in [7, 11) is -9.26. The summed E-state index contributed by atoms with van der Waals surface area (Å²) in [5.74, 6) is -1.34. The van der Waals surface area contributed by atoms with E-state index in [2.05, 4.69) is 0 Å². The molecule has 2 aromatic carbocycles. The second-order valence-electron chi connectivity index (χ2n) is 3.93. The molecular formula is C10H12Na2O10S2. The van der Waals surface area contributed by atoms with Crippen molar-refractivity contribution >= 4 is 90.1 Å². The molecule has 0 aromatic heterocycles. The summed E-state index contributed by atoms with van der Waals surface area (Å²) in [6.07, 6.45) is 0. The zero-order valence-corrected chi connectivity index (χ0v) is 18.2. The minimum atomic E-state index is -4.63. The van der Waals surface area contributed by atoms with Crippen LogP contribution in [0.3, 0.4) is 0 Å². The Kier molecular flexibility index (Phi) is 11.6. The molecule has 10 nitrogen and oxygen atoms in total. The maximum atomic E-state index is 11.0. The quantitative estimate of drug-likeness (QED) is 0.336. The smallest absolute Gasteiger partial charge is 0.294 e. The van der Waals surface area contributed by atoms with Crippen LogP contribution in [0.4, 0.5) is 0 Å². The fourth-order valence-electron chi connectivity index (χ4n) is 1.71. The van der Waals surface area contributed by atoms with Gasteiger partial charge in [0.25, 0.3) is 20.2 Å². The average Bonchev–Trinajstić information content (AvgIpc) is 2.25. The van der Waals surface area contributed by atoms with Gasteiger partial charge < -0.3 is 21.2 Å². The fraction of sp³-hybridized carbons (Fsp3) is 0. The van der Waals surface area contributed by atoms with Crippen LogP contribution in [0.5, 0.6) is 11.5 Å². The number of rotatable bonds is 2. The van der Waals surface area contributed by atoms with Crippen molar-refractivity contribution in [2.75, 3.05) is 0 Å². The number of aromatic hydroxyl groups is 2. The molecule has 0 bridgehead atoms. The molecule has 8 N–H and O–H groups in total. The third kappa shape index (κ3) is 6.09. The molecule has 2 aromatic rings. The van der Waals surface area contributed by atoms with E-state index in [-0.39, 0.29) is 80.8 Å². The minimum absolute atomic E-state index is 0. The first-order valence-corrected chi connectivity index (χ1v) is 7.83.